The average Bonchev–Trinajstić information content (AvgIpc) is 2.26. The summed E-state index contributed by atoms with van der Waals surface area (Å²) in [6, 6.07) is 0.893. The third-order valence-electron chi connectivity index (χ3n) is 3.35. The maximum absolute atomic E-state index is 6.79. The molecule has 0 rings (SSSR count). The van der Waals surface area contributed by atoms with Gasteiger partial charge in [-0.2, -0.15) is 0 Å². The van der Waals surface area contributed by atoms with Gasteiger partial charge in [-0.05, 0) is 90.9 Å². The van der Waals surface area contributed by atoms with Crippen molar-refractivity contribution < 1.29 is 21.2 Å². The zero-order valence-corrected chi connectivity index (χ0v) is 25.2. The molecule has 0 saturated heterocycles. The van der Waals surface area contributed by atoms with Crippen molar-refractivity contribution in [3.63, 3.8) is 0 Å². The lowest BCUT2D eigenvalue weighted by atomic mass is 10.2. The molecule has 0 fully saturated rings. The number of hydrogen-bond donors (Lipinski definition) is 0. The topological polar surface area (TPSA) is 46.2 Å². The molecule has 0 aliphatic heterocycles. The van der Waals surface area contributed by atoms with E-state index in [-0.39, 0.29) is 0 Å². The van der Waals surface area contributed by atoms with E-state index in [0.717, 1.165) is 19.3 Å². The van der Waals surface area contributed by atoms with Gasteiger partial charge in [-0.25, -0.2) is 0 Å². The molecular weight excluding hydrogens is 425 g/mol. The smallest absolute Gasteiger partial charge is 0.317 e. The van der Waals surface area contributed by atoms with Gasteiger partial charge < -0.3 is 21.2 Å². The largest absolute Gasteiger partial charge is 0.437 e. The molecule has 0 aliphatic rings. The first-order valence-electron chi connectivity index (χ1n) is 10.2. The average molecular weight is 471 g/mol. The van der Waals surface area contributed by atoms with Crippen molar-refractivity contribution in [2.75, 3.05) is 13.2 Å². The van der Waals surface area contributed by atoms with Crippen molar-refractivity contribution in [1.82, 2.24) is 0 Å². The molecule has 0 radical (unpaired) electrons. The summed E-state index contributed by atoms with van der Waals surface area (Å²) in [7, 11) is -10.5. The van der Waals surface area contributed by atoms with E-state index in [9.17, 15) is 0 Å². The van der Waals surface area contributed by atoms with E-state index < -0.39 is 42.3 Å². The second kappa shape index (κ2) is 10.3. The molecule has 0 aliphatic carbocycles. The van der Waals surface area contributed by atoms with Gasteiger partial charge >= 0.3 is 25.7 Å². The molecule has 0 aromatic carbocycles. The molecule has 5 nitrogen and oxygen atoms in total. The highest BCUT2D eigenvalue weighted by atomic mass is 28.5. The number of ether oxygens (including phenoxy) is 1. The van der Waals surface area contributed by atoms with Gasteiger partial charge in [-0.1, -0.05) is 6.92 Å². The first kappa shape index (κ1) is 27.9. The van der Waals surface area contributed by atoms with Crippen LogP contribution in [0.2, 0.25) is 78.1 Å². The summed E-state index contributed by atoms with van der Waals surface area (Å²) in [5.41, 5.74) is 0. The normalized spacial score (nSPS) is 15.9. The standard InChI is InChI=1S/C17H46O5Si5/c1-14-18-15-17(2)16-27(13,21-25(9,10)19-23(3,4)5)22-26(11,12)20-24(6,7)8/h17H,14-16H2,1-13H3. The van der Waals surface area contributed by atoms with E-state index in [1.807, 2.05) is 6.92 Å². The van der Waals surface area contributed by atoms with Gasteiger partial charge in [0, 0.05) is 13.2 Å². The minimum absolute atomic E-state index is 0.384. The number of rotatable bonds is 13. The second-order valence-corrected chi connectivity index (χ2v) is 30.5. The molecule has 0 spiro atoms. The maximum atomic E-state index is 6.79. The fraction of sp³-hybridized carbons (Fsp3) is 1.00. The number of hydrogen-bond acceptors (Lipinski definition) is 5. The Morgan fingerprint density at radius 3 is 1.30 bits per heavy atom. The van der Waals surface area contributed by atoms with Crippen LogP contribution in [0, 0.1) is 5.92 Å². The SMILES string of the molecule is CCOCC(C)C[Si](C)(O[Si](C)(C)O[Si](C)(C)C)O[Si](C)(C)O[Si](C)(C)C. The summed E-state index contributed by atoms with van der Waals surface area (Å²) in [5, 5.41) is 0. The third kappa shape index (κ3) is 14.5. The van der Waals surface area contributed by atoms with Crippen LogP contribution in [0.25, 0.3) is 0 Å². The van der Waals surface area contributed by atoms with Crippen LogP contribution >= 0.6 is 0 Å². The lowest BCUT2D eigenvalue weighted by Crippen LogP contribution is -2.59. The predicted molar refractivity (Wildman–Crippen MR) is 128 cm³/mol. The fourth-order valence-corrected chi connectivity index (χ4v) is 27.5. The van der Waals surface area contributed by atoms with Crippen molar-refractivity contribution >= 4 is 42.3 Å². The minimum atomic E-state index is -2.49. The Balaban J connectivity index is 5.48. The molecule has 27 heavy (non-hydrogen) atoms. The summed E-state index contributed by atoms with van der Waals surface area (Å²) < 4.78 is 32.1. The fourth-order valence-electron chi connectivity index (χ4n) is 3.67. The lowest BCUT2D eigenvalue weighted by Gasteiger charge is -2.43. The molecular formula is C17H46O5Si5. The van der Waals surface area contributed by atoms with Crippen molar-refractivity contribution in [3.05, 3.63) is 0 Å². The van der Waals surface area contributed by atoms with E-state index in [4.69, 9.17) is 21.2 Å². The Kier molecular flexibility index (Phi) is 10.6. The highest BCUT2D eigenvalue weighted by molar-refractivity contribution is 6.90. The van der Waals surface area contributed by atoms with Gasteiger partial charge in [0.1, 0.15) is 0 Å². The van der Waals surface area contributed by atoms with Crippen molar-refractivity contribution in [1.29, 1.82) is 0 Å². The second-order valence-electron chi connectivity index (χ2n) is 10.5. The van der Waals surface area contributed by atoms with Gasteiger partial charge in [0.25, 0.3) is 0 Å². The Morgan fingerprint density at radius 2 is 1.00 bits per heavy atom. The van der Waals surface area contributed by atoms with Crippen LogP contribution in [0.5, 0.6) is 0 Å². The molecule has 0 aromatic heterocycles. The van der Waals surface area contributed by atoms with E-state index in [2.05, 4.69) is 78.9 Å². The van der Waals surface area contributed by atoms with Crippen molar-refractivity contribution in [2.45, 2.75) is 91.9 Å². The van der Waals surface area contributed by atoms with Gasteiger partial charge in [0.15, 0.2) is 16.6 Å². The molecule has 0 N–H and O–H groups in total. The summed E-state index contributed by atoms with van der Waals surface area (Å²) in [6.07, 6.45) is 0. The zero-order chi connectivity index (χ0) is 21.7. The third-order valence-corrected chi connectivity index (χ3v) is 21.0. The van der Waals surface area contributed by atoms with E-state index in [1.165, 1.54) is 0 Å². The molecule has 164 valence electrons. The van der Waals surface area contributed by atoms with Crippen LogP contribution in [0.4, 0.5) is 0 Å². The Morgan fingerprint density at radius 1 is 0.630 bits per heavy atom. The molecule has 0 aromatic rings. The molecule has 0 bridgehead atoms. The van der Waals surface area contributed by atoms with Crippen LogP contribution in [0.1, 0.15) is 13.8 Å². The van der Waals surface area contributed by atoms with Gasteiger partial charge in [0.2, 0.25) is 0 Å². The summed E-state index contributed by atoms with van der Waals surface area (Å²) >= 11 is 0. The Bertz CT molecular complexity index is 416. The molecule has 0 heterocycles. The first-order valence-corrected chi connectivity index (χ1v) is 25.1. The highest BCUT2D eigenvalue weighted by Gasteiger charge is 2.47. The quantitative estimate of drug-likeness (QED) is 0.315. The molecule has 10 heteroatoms. The molecule has 1 atom stereocenters. The van der Waals surface area contributed by atoms with Gasteiger partial charge in [0.05, 0.1) is 0 Å². The van der Waals surface area contributed by atoms with E-state index in [0.29, 0.717) is 5.92 Å². The van der Waals surface area contributed by atoms with Gasteiger partial charge in [-0.3, -0.25) is 0 Å². The molecule has 0 amide bonds. The Hall–Kier alpha value is 0.884. The van der Waals surface area contributed by atoms with Crippen molar-refractivity contribution in [2.24, 2.45) is 5.92 Å². The Labute approximate surface area is 174 Å². The summed E-state index contributed by atoms with van der Waals surface area (Å²) in [4.78, 5) is 0. The first-order chi connectivity index (χ1) is 11.8. The maximum Gasteiger partial charge on any atom is 0.317 e. The highest BCUT2D eigenvalue weighted by Crippen LogP contribution is 2.30. The van der Waals surface area contributed by atoms with Crippen molar-refractivity contribution in [3.8, 4) is 0 Å². The van der Waals surface area contributed by atoms with E-state index >= 15 is 0 Å². The summed E-state index contributed by atoms with van der Waals surface area (Å²) in [6.45, 7) is 29.8. The van der Waals surface area contributed by atoms with Crippen LogP contribution < -0.4 is 0 Å². The van der Waals surface area contributed by atoms with E-state index in [1.54, 1.807) is 0 Å². The zero-order valence-electron chi connectivity index (χ0n) is 20.2. The summed E-state index contributed by atoms with van der Waals surface area (Å²) in [5.74, 6) is 0.384. The van der Waals surface area contributed by atoms with Gasteiger partial charge in [-0.15, -0.1) is 0 Å². The monoisotopic (exact) mass is 470 g/mol. The minimum Gasteiger partial charge on any atom is -0.437 e. The van der Waals surface area contributed by atoms with Crippen LogP contribution in [0.15, 0.2) is 0 Å². The molecule has 0 saturated carbocycles. The van der Waals surface area contributed by atoms with Crippen LogP contribution in [-0.4, -0.2) is 55.5 Å². The van der Waals surface area contributed by atoms with Crippen LogP contribution in [-0.2, 0) is 21.2 Å². The lowest BCUT2D eigenvalue weighted by molar-refractivity contribution is 0.118. The predicted octanol–water partition coefficient (Wildman–Crippen LogP) is 5.87. The van der Waals surface area contributed by atoms with Crippen LogP contribution in [0.3, 0.4) is 0 Å². The molecule has 1 unspecified atom stereocenters.